The van der Waals surface area contributed by atoms with Crippen molar-refractivity contribution < 1.29 is 17.9 Å². The number of hydrogen-bond donors (Lipinski definition) is 2. The van der Waals surface area contributed by atoms with Gasteiger partial charge in [0.1, 0.15) is 11.6 Å². The van der Waals surface area contributed by atoms with E-state index in [4.69, 9.17) is 11.5 Å². The van der Waals surface area contributed by atoms with Crippen LogP contribution in [-0.2, 0) is 4.74 Å². The second-order valence-electron chi connectivity index (χ2n) is 2.64. The van der Waals surface area contributed by atoms with Crippen LogP contribution >= 0.6 is 11.8 Å². The molecule has 0 spiro atoms. The van der Waals surface area contributed by atoms with Crippen LogP contribution in [0.15, 0.2) is 11.2 Å². The van der Waals surface area contributed by atoms with Crippen LogP contribution in [-0.4, -0.2) is 28.7 Å². The molecule has 1 rings (SSSR count). The lowest BCUT2D eigenvalue weighted by atomic mass is 10.5. The second kappa shape index (κ2) is 5.21. The molecule has 4 N–H and O–H groups in total. The standard InChI is InChI=1S/C7H9F3N4OS/c8-7(9,10)15-1-2-16-6-13-4(11)3-5(12)14-6/h3H,1-2H2,(H4,11,12,13,14). The number of nitrogens with zero attached hydrogens (tertiary/aromatic N) is 2. The van der Waals surface area contributed by atoms with Crippen molar-refractivity contribution in [3.63, 3.8) is 0 Å². The molecular weight excluding hydrogens is 245 g/mol. The van der Waals surface area contributed by atoms with Gasteiger partial charge in [0, 0.05) is 11.8 Å². The van der Waals surface area contributed by atoms with Crippen molar-refractivity contribution in [2.45, 2.75) is 11.5 Å². The van der Waals surface area contributed by atoms with E-state index in [1.165, 1.54) is 6.07 Å². The van der Waals surface area contributed by atoms with E-state index in [-0.39, 0.29) is 22.5 Å². The smallest absolute Gasteiger partial charge is 0.383 e. The Balaban J connectivity index is 2.37. The zero-order valence-corrected chi connectivity index (χ0v) is 8.81. The highest BCUT2D eigenvalue weighted by Crippen LogP contribution is 2.19. The van der Waals surface area contributed by atoms with E-state index >= 15 is 0 Å². The van der Waals surface area contributed by atoms with E-state index in [1.54, 1.807) is 0 Å². The maximum absolute atomic E-state index is 11.6. The van der Waals surface area contributed by atoms with Crippen LogP contribution in [0, 0.1) is 0 Å². The van der Waals surface area contributed by atoms with Gasteiger partial charge in [-0.1, -0.05) is 11.8 Å². The Labute approximate surface area is 93.4 Å². The number of ether oxygens (including phenoxy) is 1. The number of thioether (sulfide) groups is 1. The lowest BCUT2D eigenvalue weighted by Crippen LogP contribution is -2.15. The van der Waals surface area contributed by atoms with Gasteiger partial charge in [-0.05, 0) is 0 Å². The van der Waals surface area contributed by atoms with Crippen LogP contribution in [0.2, 0.25) is 0 Å². The predicted molar refractivity (Wildman–Crippen MR) is 53.6 cm³/mol. The molecule has 0 saturated carbocycles. The van der Waals surface area contributed by atoms with Crippen LogP contribution in [0.5, 0.6) is 0 Å². The first kappa shape index (κ1) is 12.8. The summed E-state index contributed by atoms with van der Waals surface area (Å²) in [6.45, 7) is -0.480. The minimum absolute atomic E-state index is 0.0579. The fraction of sp³-hybridized carbons (Fsp3) is 0.429. The van der Waals surface area contributed by atoms with E-state index in [1.807, 2.05) is 0 Å². The van der Waals surface area contributed by atoms with Gasteiger partial charge in [0.25, 0.3) is 0 Å². The Morgan fingerprint density at radius 2 is 1.81 bits per heavy atom. The van der Waals surface area contributed by atoms with Gasteiger partial charge in [-0.15, -0.1) is 13.2 Å². The Hall–Kier alpha value is -1.22. The number of rotatable bonds is 4. The summed E-state index contributed by atoms with van der Waals surface area (Å²) in [5, 5.41) is 0.225. The van der Waals surface area contributed by atoms with E-state index in [0.29, 0.717) is 0 Å². The maximum Gasteiger partial charge on any atom is 0.522 e. The zero-order valence-electron chi connectivity index (χ0n) is 7.99. The molecule has 0 aliphatic heterocycles. The van der Waals surface area contributed by atoms with E-state index in [0.717, 1.165) is 11.8 Å². The van der Waals surface area contributed by atoms with Crippen LogP contribution in [0.3, 0.4) is 0 Å². The van der Waals surface area contributed by atoms with Gasteiger partial charge in [0.05, 0.1) is 6.61 Å². The third kappa shape index (κ3) is 5.03. The average Bonchev–Trinajstić information content (AvgIpc) is 2.09. The SMILES string of the molecule is Nc1cc(N)nc(SCCOC(F)(F)F)n1. The van der Waals surface area contributed by atoms with E-state index in [2.05, 4.69) is 14.7 Å². The molecule has 0 aliphatic rings. The third-order valence-electron chi connectivity index (χ3n) is 1.33. The number of aromatic nitrogens is 2. The Bertz CT molecular complexity index is 340. The highest BCUT2D eigenvalue weighted by molar-refractivity contribution is 7.99. The summed E-state index contributed by atoms with van der Waals surface area (Å²) in [5.41, 5.74) is 10.8. The van der Waals surface area contributed by atoms with Gasteiger partial charge < -0.3 is 11.5 Å². The summed E-state index contributed by atoms with van der Waals surface area (Å²) >= 11 is 0.982. The molecule has 0 atom stereocenters. The molecule has 0 fully saturated rings. The molecule has 0 unspecified atom stereocenters. The first-order chi connectivity index (χ1) is 7.37. The molecule has 1 aromatic heterocycles. The zero-order chi connectivity index (χ0) is 12.2. The van der Waals surface area contributed by atoms with E-state index in [9.17, 15) is 13.2 Å². The third-order valence-corrected chi connectivity index (χ3v) is 2.14. The summed E-state index contributed by atoms with van der Waals surface area (Å²) in [4.78, 5) is 7.56. The van der Waals surface area contributed by atoms with Crippen molar-refractivity contribution >= 4 is 23.4 Å². The lowest BCUT2D eigenvalue weighted by Gasteiger charge is -2.06. The maximum atomic E-state index is 11.6. The number of anilines is 2. The molecule has 0 amide bonds. The lowest BCUT2D eigenvalue weighted by molar-refractivity contribution is -0.322. The van der Waals surface area contributed by atoms with Gasteiger partial charge in [-0.2, -0.15) is 0 Å². The molecule has 0 radical (unpaired) electrons. The topological polar surface area (TPSA) is 87.1 Å². The van der Waals surface area contributed by atoms with Crippen molar-refractivity contribution in [3.05, 3.63) is 6.07 Å². The number of nitrogens with two attached hydrogens (primary N) is 2. The van der Waals surface area contributed by atoms with Gasteiger partial charge in [0.15, 0.2) is 5.16 Å². The molecule has 0 saturated heterocycles. The Morgan fingerprint density at radius 3 is 2.31 bits per heavy atom. The van der Waals surface area contributed by atoms with Crippen LogP contribution in [0.4, 0.5) is 24.8 Å². The first-order valence-corrected chi connectivity index (χ1v) is 5.09. The number of hydrogen-bond acceptors (Lipinski definition) is 6. The van der Waals surface area contributed by atoms with Gasteiger partial charge >= 0.3 is 6.36 Å². The van der Waals surface area contributed by atoms with Gasteiger partial charge in [-0.3, -0.25) is 4.74 Å². The molecule has 1 heterocycles. The number of alkyl halides is 3. The summed E-state index contributed by atoms with van der Waals surface area (Å²) in [6.07, 6.45) is -4.61. The highest BCUT2D eigenvalue weighted by atomic mass is 32.2. The molecule has 5 nitrogen and oxygen atoms in total. The summed E-state index contributed by atoms with van der Waals surface area (Å²) < 4.78 is 38.4. The second-order valence-corrected chi connectivity index (χ2v) is 3.70. The minimum atomic E-state index is -4.61. The molecule has 0 aromatic carbocycles. The molecule has 16 heavy (non-hydrogen) atoms. The molecular formula is C7H9F3N4OS. The van der Waals surface area contributed by atoms with Gasteiger partial charge in [0.2, 0.25) is 0 Å². The predicted octanol–water partition coefficient (Wildman–Crippen LogP) is 1.27. The number of halogens is 3. The van der Waals surface area contributed by atoms with Gasteiger partial charge in [-0.25, -0.2) is 9.97 Å². The fourth-order valence-corrected chi connectivity index (χ4v) is 1.51. The van der Waals surface area contributed by atoms with Crippen LogP contribution < -0.4 is 11.5 Å². The van der Waals surface area contributed by atoms with Crippen molar-refractivity contribution in [2.24, 2.45) is 0 Å². The molecule has 0 aliphatic carbocycles. The highest BCUT2D eigenvalue weighted by Gasteiger charge is 2.28. The normalized spacial score (nSPS) is 11.7. The Kier molecular flexibility index (Phi) is 4.19. The molecule has 0 bridgehead atoms. The molecule has 90 valence electrons. The Morgan fingerprint density at radius 1 is 1.25 bits per heavy atom. The van der Waals surface area contributed by atoms with Crippen molar-refractivity contribution in [3.8, 4) is 0 Å². The average molecular weight is 254 g/mol. The summed E-state index contributed by atoms with van der Waals surface area (Å²) in [6, 6.07) is 1.36. The fourth-order valence-electron chi connectivity index (χ4n) is 0.817. The van der Waals surface area contributed by atoms with Crippen LogP contribution in [0.25, 0.3) is 0 Å². The summed E-state index contributed by atoms with van der Waals surface area (Å²) in [5.74, 6) is 0.404. The quantitative estimate of drug-likeness (QED) is 0.478. The van der Waals surface area contributed by atoms with Crippen molar-refractivity contribution in [1.82, 2.24) is 9.97 Å². The van der Waals surface area contributed by atoms with E-state index < -0.39 is 13.0 Å². The minimum Gasteiger partial charge on any atom is -0.383 e. The molecule has 1 aromatic rings. The largest absolute Gasteiger partial charge is 0.522 e. The van der Waals surface area contributed by atoms with Crippen molar-refractivity contribution in [1.29, 1.82) is 0 Å². The van der Waals surface area contributed by atoms with Crippen molar-refractivity contribution in [2.75, 3.05) is 23.8 Å². The van der Waals surface area contributed by atoms with Crippen LogP contribution in [0.1, 0.15) is 0 Å². The summed E-state index contributed by atoms with van der Waals surface area (Å²) in [7, 11) is 0. The first-order valence-electron chi connectivity index (χ1n) is 4.10. The molecule has 9 heteroatoms. The monoisotopic (exact) mass is 254 g/mol. The number of nitrogen functional groups attached to an aromatic ring is 2.